The predicted octanol–water partition coefficient (Wildman–Crippen LogP) is 3.50. The van der Waals surface area contributed by atoms with E-state index in [4.69, 9.17) is 10.5 Å². The van der Waals surface area contributed by atoms with E-state index < -0.39 is 11.8 Å². The van der Waals surface area contributed by atoms with E-state index in [0.29, 0.717) is 17.9 Å². The lowest BCUT2D eigenvalue weighted by Gasteiger charge is -2.37. The molecule has 1 aliphatic rings. The van der Waals surface area contributed by atoms with Gasteiger partial charge in [-0.3, -0.25) is 0 Å². The lowest BCUT2D eigenvalue weighted by Crippen LogP contribution is -2.37. The van der Waals surface area contributed by atoms with Gasteiger partial charge in [-0.2, -0.15) is 0 Å². The molecule has 1 aliphatic carbocycles. The Bertz CT molecular complexity index is 471. The predicted molar refractivity (Wildman–Crippen MR) is 73.4 cm³/mol. The monoisotopic (exact) mass is 285 g/mol. The highest BCUT2D eigenvalue weighted by atomic mass is 19.3. The minimum atomic E-state index is -2.73. The van der Waals surface area contributed by atoms with Crippen LogP contribution in [0.1, 0.15) is 49.7 Å². The van der Waals surface area contributed by atoms with Crippen LogP contribution in [0.2, 0.25) is 0 Å². The number of phenolic OH excluding ortho intramolecular Hbond substituents is 1. The van der Waals surface area contributed by atoms with Crippen molar-refractivity contribution in [1.29, 1.82) is 0 Å². The zero-order valence-electron chi connectivity index (χ0n) is 11.7. The minimum absolute atomic E-state index is 0.326. The Kier molecular flexibility index (Phi) is 4.48. The van der Waals surface area contributed by atoms with Gasteiger partial charge in [0.05, 0.1) is 12.7 Å². The van der Waals surface area contributed by atoms with Gasteiger partial charge >= 0.3 is 0 Å². The standard InChI is InChI=1S/C15H21F2NO2/c1-20-10-7-11(14(16)17)13(19)12(8-10)15(9-18)5-3-2-4-6-15/h7-8,14,19H,2-6,9,18H2,1H3. The SMILES string of the molecule is COc1cc(C(F)F)c(O)c(C2(CN)CCCCC2)c1. The van der Waals surface area contributed by atoms with Crippen molar-refractivity contribution in [2.45, 2.75) is 43.9 Å². The van der Waals surface area contributed by atoms with Crippen molar-refractivity contribution in [2.24, 2.45) is 5.73 Å². The summed E-state index contributed by atoms with van der Waals surface area (Å²) in [5.41, 5.74) is 5.63. The van der Waals surface area contributed by atoms with Gasteiger partial charge in [-0.1, -0.05) is 19.3 Å². The van der Waals surface area contributed by atoms with E-state index in [2.05, 4.69) is 0 Å². The highest BCUT2D eigenvalue weighted by Gasteiger charge is 2.36. The number of hydrogen-bond donors (Lipinski definition) is 2. The van der Waals surface area contributed by atoms with Gasteiger partial charge in [0.15, 0.2) is 0 Å². The number of methoxy groups -OCH3 is 1. The van der Waals surface area contributed by atoms with Crippen molar-refractivity contribution in [3.63, 3.8) is 0 Å². The minimum Gasteiger partial charge on any atom is -0.507 e. The third kappa shape index (κ3) is 2.59. The smallest absolute Gasteiger partial charge is 0.267 e. The third-order valence-electron chi connectivity index (χ3n) is 4.36. The van der Waals surface area contributed by atoms with Crippen LogP contribution in [0, 0.1) is 0 Å². The van der Waals surface area contributed by atoms with E-state index in [9.17, 15) is 13.9 Å². The molecule has 0 bridgehead atoms. The van der Waals surface area contributed by atoms with Gasteiger partial charge in [0.2, 0.25) is 0 Å². The molecular formula is C15H21F2NO2. The molecule has 0 atom stereocenters. The van der Waals surface area contributed by atoms with Crippen LogP contribution in [-0.2, 0) is 5.41 Å². The van der Waals surface area contributed by atoms with Crippen molar-refractivity contribution in [3.05, 3.63) is 23.3 Å². The summed E-state index contributed by atoms with van der Waals surface area (Å²) in [5.74, 6) is 0.0136. The number of benzene rings is 1. The molecule has 5 heteroatoms. The second kappa shape index (κ2) is 5.95. The average molecular weight is 285 g/mol. The average Bonchev–Trinajstić information content (AvgIpc) is 2.47. The zero-order valence-corrected chi connectivity index (χ0v) is 11.7. The van der Waals surface area contributed by atoms with Gasteiger partial charge in [-0.25, -0.2) is 8.78 Å². The first-order chi connectivity index (χ1) is 9.54. The van der Waals surface area contributed by atoms with E-state index in [1.165, 1.54) is 13.2 Å². The van der Waals surface area contributed by atoms with Crippen LogP contribution in [-0.4, -0.2) is 18.8 Å². The third-order valence-corrected chi connectivity index (χ3v) is 4.36. The summed E-state index contributed by atoms with van der Waals surface area (Å²) in [6, 6.07) is 2.84. The second-order valence-electron chi connectivity index (χ2n) is 5.46. The molecule has 0 saturated heterocycles. The summed E-state index contributed by atoms with van der Waals surface area (Å²) >= 11 is 0. The Balaban J connectivity index is 2.56. The van der Waals surface area contributed by atoms with Crippen molar-refractivity contribution in [3.8, 4) is 11.5 Å². The number of hydrogen-bond acceptors (Lipinski definition) is 3. The van der Waals surface area contributed by atoms with Crippen LogP contribution in [0.3, 0.4) is 0 Å². The van der Waals surface area contributed by atoms with Gasteiger partial charge < -0.3 is 15.6 Å². The maximum absolute atomic E-state index is 13.1. The van der Waals surface area contributed by atoms with E-state index in [1.807, 2.05) is 0 Å². The van der Waals surface area contributed by atoms with Crippen LogP contribution in [0.5, 0.6) is 11.5 Å². The fraction of sp³-hybridized carbons (Fsp3) is 0.600. The second-order valence-corrected chi connectivity index (χ2v) is 5.46. The Hall–Kier alpha value is -1.36. The highest BCUT2D eigenvalue weighted by Crippen LogP contribution is 2.46. The maximum atomic E-state index is 13.1. The molecule has 0 heterocycles. The number of alkyl halides is 2. The molecule has 1 saturated carbocycles. The molecule has 3 N–H and O–H groups in total. The summed E-state index contributed by atoms with van der Waals surface area (Å²) in [5, 5.41) is 10.2. The molecule has 0 aliphatic heterocycles. The highest BCUT2D eigenvalue weighted by molar-refractivity contribution is 5.51. The van der Waals surface area contributed by atoms with Crippen LogP contribution >= 0.6 is 0 Å². The van der Waals surface area contributed by atoms with Crippen molar-refractivity contribution in [1.82, 2.24) is 0 Å². The quantitative estimate of drug-likeness (QED) is 0.890. The Morgan fingerprint density at radius 1 is 1.30 bits per heavy atom. The molecule has 1 aromatic carbocycles. The number of halogens is 2. The topological polar surface area (TPSA) is 55.5 Å². The van der Waals surface area contributed by atoms with Crippen molar-refractivity contribution in [2.75, 3.05) is 13.7 Å². The number of aromatic hydroxyl groups is 1. The molecule has 0 radical (unpaired) electrons. The fourth-order valence-corrected chi connectivity index (χ4v) is 3.13. The van der Waals surface area contributed by atoms with Crippen LogP contribution in [0.25, 0.3) is 0 Å². The summed E-state index contributed by atoms with van der Waals surface area (Å²) in [4.78, 5) is 0. The maximum Gasteiger partial charge on any atom is 0.267 e. The first kappa shape index (κ1) is 15.0. The molecule has 1 fully saturated rings. The summed E-state index contributed by atoms with van der Waals surface area (Å²) in [7, 11) is 1.43. The largest absolute Gasteiger partial charge is 0.507 e. The Morgan fingerprint density at radius 3 is 2.45 bits per heavy atom. The first-order valence-corrected chi connectivity index (χ1v) is 6.93. The zero-order chi connectivity index (χ0) is 14.8. The molecule has 0 unspecified atom stereocenters. The molecule has 0 spiro atoms. The lowest BCUT2D eigenvalue weighted by molar-refractivity contribution is 0.146. The molecule has 112 valence electrons. The fourth-order valence-electron chi connectivity index (χ4n) is 3.13. The van der Waals surface area contributed by atoms with Gasteiger partial charge in [0, 0.05) is 17.5 Å². The van der Waals surface area contributed by atoms with Crippen molar-refractivity contribution >= 4 is 0 Å². The van der Waals surface area contributed by atoms with E-state index in [1.54, 1.807) is 6.07 Å². The van der Waals surface area contributed by atoms with E-state index in [0.717, 1.165) is 32.1 Å². The summed E-state index contributed by atoms with van der Waals surface area (Å²) in [6.45, 7) is 0.344. The number of rotatable bonds is 4. The normalized spacial score (nSPS) is 18.2. The number of ether oxygens (including phenoxy) is 1. The lowest BCUT2D eigenvalue weighted by atomic mass is 9.69. The van der Waals surface area contributed by atoms with Crippen molar-refractivity contribution < 1.29 is 18.6 Å². The van der Waals surface area contributed by atoms with Crippen LogP contribution in [0.15, 0.2) is 12.1 Å². The van der Waals surface area contributed by atoms with Crippen LogP contribution in [0.4, 0.5) is 8.78 Å². The Morgan fingerprint density at radius 2 is 1.95 bits per heavy atom. The van der Waals surface area contributed by atoms with Crippen LogP contribution < -0.4 is 10.5 Å². The molecule has 0 amide bonds. The molecule has 2 rings (SSSR count). The van der Waals surface area contributed by atoms with E-state index in [-0.39, 0.29) is 11.3 Å². The molecule has 0 aromatic heterocycles. The molecular weight excluding hydrogens is 264 g/mol. The molecule has 20 heavy (non-hydrogen) atoms. The number of nitrogens with two attached hydrogens (primary N) is 1. The van der Waals surface area contributed by atoms with Gasteiger partial charge in [0.25, 0.3) is 6.43 Å². The Labute approximate surface area is 117 Å². The van der Waals surface area contributed by atoms with Gasteiger partial charge in [0.1, 0.15) is 11.5 Å². The molecule has 3 nitrogen and oxygen atoms in total. The van der Waals surface area contributed by atoms with Gasteiger partial charge in [-0.15, -0.1) is 0 Å². The number of phenols is 1. The molecule has 1 aromatic rings. The summed E-state index contributed by atoms with van der Waals surface area (Å²) < 4.78 is 31.2. The first-order valence-electron chi connectivity index (χ1n) is 6.93. The van der Waals surface area contributed by atoms with Gasteiger partial charge in [-0.05, 0) is 25.0 Å². The summed E-state index contributed by atoms with van der Waals surface area (Å²) in [6.07, 6.45) is 2.01. The van der Waals surface area contributed by atoms with E-state index >= 15 is 0 Å².